The van der Waals surface area contributed by atoms with Crippen LogP contribution in [0.25, 0.3) is 111 Å². The number of para-hydroxylation sites is 2. The largest absolute Gasteiger partial charge is 0.456 e. The quantitative estimate of drug-likeness (QED) is 0.172. The topological polar surface area (TPSA) is 52.1 Å². The Morgan fingerprint density at radius 1 is 0.250 bits per heavy atom. The molecule has 4 heteroatoms. The summed E-state index contributed by atoms with van der Waals surface area (Å²) in [4.78, 5) is 10.5. The van der Waals surface area contributed by atoms with Crippen molar-refractivity contribution in [3.8, 4) is 67.3 Å². The molecule has 0 aliphatic rings. The van der Waals surface area contributed by atoms with Crippen molar-refractivity contribution >= 4 is 43.9 Å². The first kappa shape index (κ1) is 31.9. The standard InChI is InChI=1S/C52H32N2O2/c1-3-12-33(13-4-1)35-16-11-17-38(26-35)46-32-47(54-52(53-46)34-14-5-2-6-15-34)41-28-39(36-22-24-50-44(30-36)42-18-7-9-20-48(42)55-50)27-40(29-41)37-23-25-51-45(31-37)43-19-8-10-21-49(43)56-51/h1-32H. The monoisotopic (exact) mass is 716 g/mol. The minimum absolute atomic E-state index is 0.674. The van der Waals surface area contributed by atoms with Gasteiger partial charge in [0.1, 0.15) is 22.3 Å². The van der Waals surface area contributed by atoms with Gasteiger partial charge in [0.05, 0.1) is 11.4 Å². The van der Waals surface area contributed by atoms with Gasteiger partial charge in [0.25, 0.3) is 0 Å². The van der Waals surface area contributed by atoms with Gasteiger partial charge >= 0.3 is 0 Å². The average molecular weight is 717 g/mol. The zero-order chi connectivity index (χ0) is 37.0. The fourth-order valence-electron chi connectivity index (χ4n) is 7.87. The molecule has 4 nitrogen and oxygen atoms in total. The Morgan fingerprint density at radius 3 is 1.29 bits per heavy atom. The van der Waals surface area contributed by atoms with Crippen molar-refractivity contribution in [2.75, 3.05) is 0 Å². The van der Waals surface area contributed by atoms with Crippen molar-refractivity contribution in [1.29, 1.82) is 0 Å². The van der Waals surface area contributed by atoms with E-state index in [9.17, 15) is 0 Å². The van der Waals surface area contributed by atoms with Crippen molar-refractivity contribution in [2.45, 2.75) is 0 Å². The van der Waals surface area contributed by atoms with Gasteiger partial charge in [0.2, 0.25) is 0 Å². The first-order valence-electron chi connectivity index (χ1n) is 18.8. The fourth-order valence-corrected chi connectivity index (χ4v) is 7.87. The molecule has 0 saturated heterocycles. The van der Waals surface area contributed by atoms with Crippen LogP contribution in [0.5, 0.6) is 0 Å². The van der Waals surface area contributed by atoms with Gasteiger partial charge in [-0.1, -0.05) is 127 Å². The van der Waals surface area contributed by atoms with E-state index >= 15 is 0 Å². The lowest BCUT2D eigenvalue weighted by atomic mass is 9.93. The molecule has 0 fully saturated rings. The van der Waals surface area contributed by atoms with E-state index in [-0.39, 0.29) is 0 Å². The molecule has 0 atom stereocenters. The fraction of sp³-hybridized carbons (Fsp3) is 0. The summed E-state index contributed by atoms with van der Waals surface area (Å²) >= 11 is 0. The number of hydrogen-bond acceptors (Lipinski definition) is 4. The predicted molar refractivity (Wildman–Crippen MR) is 229 cm³/mol. The van der Waals surface area contributed by atoms with E-state index in [1.165, 1.54) is 0 Å². The maximum atomic E-state index is 6.22. The minimum Gasteiger partial charge on any atom is -0.456 e. The second kappa shape index (κ2) is 13.1. The smallest absolute Gasteiger partial charge is 0.160 e. The number of fused-ring (bicyclic) bond motifs is 6. The van der Waals surface area contributed by atoms with E-state index in [2.05, 4.69) is 146 Å². The van der Waals surface area contributed by atoms with Crippen molar-refractivity contribution < 1.29 is 8.83 Å². The Morgan fingerprint density at radius 2 is 0.679 bits per heavy atom. The van der Waals surface area contributed by atoms with Crippen LogP contribution in [-0.2, 0) is 0 Å². The lowest BCUT2D eigenvalue weighted by Gasteiger charge is -2.14. The van der Waals surface area contributed by atoms with Gasteiger partial charge in [-0.25, -0.2) is 9.97 Å². The Labute approximate surface area is 323 Å². The molecule has 0 aliphatic heterocycles. The van der Waals surface area contributed by atoms with E-state index in [1.54, 1.807) is 0 Å². The van der Waals surface area contributed by atoms with Crippen LogP contribution in [0, 0.1) is 0 Å². The lowest BCUT2D eigenvalue weighted by Crippen LogP contribution is -1.97. The number of furan rings is 2. The van der Waals surface area contributed by atoms with Gasteiger partial charge in [-0.2, -0.15) is 0 Å². The predicted octanol–water partition coefficient (Wildman–Crippen LogP) is 14.3. The molecule has 0 aliphatic carbocycles. The highest BCUT2D eigenvalue weighted by atomic mass is 16.3. The highest BCUT2D eigenvalue weighted by Gasteiger charge is 2.16. The van der Waals surface area contributed by atoms with Crippen LogP contribution in [0.2, 0.25) is 0 Å². The number of rotatable bonds is 6. The molecule has 3 aromatic heterocycles. The molecule has 11 rings (SSSR count). The summed E-state index contributed by atoms with van der Waals surface area (Å²) in [7, 11) is 0. The molecule has 8 aromatic carbocycles. The Kier molecular flexibility index (Phi) is 7.46. The van der Waals surface area contributed by atoms with Crippen LogP contribution in [0.4, 0.5) is 0 Å². The Bertz CT molecular complexity index is 3120. The summed E-state index contributed by atoms with van der Waals surface area (Å²) in [6, 6.07) is 67.6. The van der Waals surface area contributed by atoms with E-state index < -0.39 is 0 Å². The Balaban J connectivity index is 1.13. The van der Waals surface area contributed by atoms with Gasteiger partial charge in [0, 0.05) is 38.2 Å². The van der Waals surface area contributed by atoms with Gasteiger partial charge < -0.3 is 8.83 Å². The van der Waals surface area contributed by atoms with Gasteiger partial charge in [-0.3, -0.25) is 0 Å². The van der Waals surface area contributed by atoms with Crippen LogP contribution in [0.15, 0.2) is 203 Å². The summed E-state index contributed by atoms with van der Waals surface area (Å²) in [6.45, 7) is 0. The second-order valence-corrected chi connectivity index (χ2v) is 14.2. The summed E-state index contributed by atoms with van der Waals surface area (Å²) in [5.74, 6) is 0.674. The maximum Gasteiger partial charge on any atom is 0.160 e. The van der Waals surface area contributed by atoms with Crippen LogP contribution in [0.3, 0.4) is 0 Å². The van der Waals surface area contributed by atoms with Crippen LogP contribution in [0.1, 0.15) is 0 Å². The normalized spacial score (nSPS) is 11.6. The summed E-state index contributed by atoms with van der Waals surface area (Å²) in [6.07, 6.45) is 0. The first-order chi connectivity index (χ1) is 27.7. The van der Waals surface area contributed by atoms with Crippen molar-refractivity contribution in [3.05, 3.63) is 194 Å². The molecule has 0 saturated carbocycles. The third-order valence-corrected chi connectivity index (χ3v) is 10.7. The molecule has 0 radical (unpaired) electrons. The van der Waals surface area contributed by atoms with Crippen LogP contribution < -0.4 is 0 Å². The van der Waals surface area contributed by atoms with Gasteiger partial charge in [-0.05, 0) is 100 Å². The molecule has 0 amide bonds. The van der Waals surface area contributed by atoms with Crippen molar-refractivity contribution in [2.24, 2.45) is 0 Å². The van der Waals surface area contributed by atoms with Gasteiger partial charge in [-0.15, -0.1) is 0 Å². The third kappa shape index (κ3) is 5.64. The van der Waals surface area contributed by atoms with Crippen LogP contribution >= 0.6 is 0 Å². The minimum atomic E-state index is 0.674. The molecule has 11 aromatic rings. The first-order valence-corrected chi connectivity index (χ1v) is 18.8. The van der Waals surface area contributed by atoms with E-state index in [1.807, 2.05) is 48.5 Å². The zero-order valence-electron chi connectivity index (χ0n) is 30.2. The number of benzene rings is 8. The summed E-state index contributed by atoms with van der Waals surface area (Å²) in [5, 5.41) is 4.38. The average Bonchev–Trinajstić information content (AvgIpc) is 3.84. The van der Waals surface area contributed by atoms with E-state index in [0.717, 1.165) is 105 Å². The van der Waals surface area contributed by atoms with Crippen LogP contribution in [-0.4, -0.2) is 9.97 Å². The molecule has 0 bridgehead atoms. The molecule has 0 N–H and O–H groups in total. The van der Waals surface area contributed by atoms with E-state index in [4.69, 9.17) is 18.8 Å². The SMILES string of the molecule is c1ccc(-c2cccc(-c3cc(-c4cc(-c5ccc6oc7ccccc7c6c5)cc(-c5ccc6oc7ccccc7c6c5)c4)nc(-c4ccccc4)n3)c2)cc1. The molecular formula is C52H32N2O2. The highest BCUT2D eigenvalue weighted by molar-refractivity contribution is 6.07. The molecular weight excluding hydrogens is 685 g/mol. The van der Waals surface area contributed by atoms with Crippen molar-refractivity contribution in [3.63, 3.8) is 0 Å². The van der Waals surface area contributed by atoms with Crippen molar-refractivity contribution in [1.82, 2.24) is 9.97 Å². The zero-order valence-corrected chi connectivity index (χ0v) is 30.2. The highest BCUT2D eigenvalue weighted by Crippen LogP contribution is 2.39. The summed E-state index contributed by atoms with van der Waals surface area (Å²) < 4.78 is 12.4. The lowest BCUT2D eigenvalue weighted by molar-refractivity contribution is 0.668. The number of aromatic nitrogens is 2. The molecule has 3 heterocycles. The molecule has 0 spiro atoms. The summed E-state index contributed by atoms with van der Waals surface area (Å²) in [5.41, 5.74) is 14.8. The molecule has 56 heavy (non-hydrogen) atoms. The van der Waals surface area contributed by atoms with Gasteiger partial charge in [0.15, 0.2) is 5.82 Å². The van der Waals surface area contributed by atoms with E-state index in [0.29, 0.717) is 5.82 Å². The molecule has 0 unspecified atom stereocenters. The third-order valence-electron chi connectivity index (χ3n) is 10.7. The second-order valence-electron chi connectivity index (χ2n) is 14.2. The Hall–Kier alpha value is -7.56. The number of nitrogens with zero attached hydrogens (tertiary/aromatic N) is 2. The number of hydrogen-bond donors (Lipinski definition) is 0. The maximum absolute atomic E-state index is 6.22. The molecule has 262 valence electrons.